The first kappa shape index (κ1) is 14.6. The van der Waals surface area contributed by atoms with E-state index < -0.39 is 23.6 Å². The van der Waals surface area contributed by atoms with Gasteiger partial charge in [-0.25, -0.2) is 4.79 Å². The van der Waals surface area contributed by atoms with Crippen molar-refractivity contribution in [2.45, 2.75) is 38.3 Å². The number of nitrogens with one attached hydrogen (secondary N) is 2. The fourth-order valence-electron chi connectivity index (χ4n) is 1.81. The standard InChI is InChI=1S/C11H18N2O5/c1-2-4-9(16)18-10(17)11(5-3-6-12-11)13-7-8(14)15/h12-13H,2-7H2,1H3,(H,14,15)/t11-/m0/s1. The second-order valence-corrected chi connectivity index (χ2v) is 4.19. The third-order valence-corrected chi connectivity index (χ3v) is 2.71. The van der Waals surface area contributed by atoms with Gasteiger partial charge in [-0.2, -0.15) is 0 Å². The average molecular weight is 258 g/mol. The van der Waals surface area contributed by atoms with Gasteiger partial charge in [-0.1, -0.05) is 6.92 Å². The Morgan fingerprint density at radius 2 is 2.17 bits per heavy atom. The molecule has 1 aliphatic heterocycles. The summed E-state index contributed by atoms with van der Waals surface area (Å²) in [6.07, 6.45) is 1.87. The maximum Gasteiger partial charge on any atom is 0.349 e. The van der Waals surface area contributed by atoms with Gasteiger partial charge in [0.1, 0.15) is 0 Å². The molecule has 0 aromatic carbocycles. The number of carbonyl (C=O) groups excluding carboxylic acids is 2. The monoisotopic (exact) mass is 258 g/mol. The van der Waals surface area contributed by atoms with Crippen molar-refractivity contribution in [3.8, 4) is 0 Å². The maximum atomic E-state index is 11.9. The van der Waals surface area contributed by atoms with Crippen LogP contribution >= 0.6 is 0 Å². The Bertz CT molecular complexity index is 336. The van der Waals surface area contributed by atoms with Gasteiger partial charge in [-0.3, -0.25) is 20.2 Å². The van der Waals surface area contributed by atoms with E-state index in [9.17, 15) is 14.4 Å². The third kappa shape index (κ3) is 3.78. The third-order valence-electron chi connectivity index (χ3n) is 2.71. The largest absolute Gasteiger partial charge is 0.480 e. The van der Waals surface area contributed by atoms with Crippen LogP contribution in [0.2, 0.25) is 0 Å². The highest BCUT2D eigenvalue weighted by Crippen LogP contribution is 2.18. The van der Waals surface area contributed by atoms with E-state index in [4.69, 9.17) is 9.84 Å². The van der Waals surface area contributed by atoms with E-state index in [0.717, 1.165) is 0 Å². The van der Waals surface area contributed by atoms with Gasteiger partial charge < -0.3 is 9.84 Å². The highest BCUT2D eigenvalue weighted by atomic mass is 16.6. The maximum absolute atomic E-state index is 11.9. The smallest absolute Gasteiger partial charge is 0.349 e. The Hall–Kier alpha value is -1.47. The van der Waals surface area contributed by atoms with Crippen molar-refractivity contribution in [3.63, 3.8) is 0 Å². The Morgan fingerprint density at radius 1 is 1.44 bits per heavy atom. The molecular formula is C11H18N2O5. The Balaban J connectivity index is 2.62. The van der Waals surface area contributed by atoms with Crippen LogP contribution in [0.15, 0.2) is 0 Å². The lowest BCUT2D eigenvalue weighted by Gasteiger charge is -2.27. The number of rotatable bonds is 6. The van der Waals surface area contributed by atoms with Gasteiger partial charge in [0.15, 0.2) is 5.66 Å². The first-order valence-electron chi connectivity index (χ1n) is 5.97. The van der Waals surface area contributed by atoms with Crippen LogP contribution in [0.25, 0.3) is 0 Å². The molecule has 18 heavy (non-hydrogen) atoms. The van der Waals surface area contributed by atoms with Gasteiger partial charge in [-0.05, 0) is 25.8 Å². The van der Waals surface area contributed by atoms with Crippen LogP contribution in [-0.4, -0.2) is 41.8 Å². The van der Waals surface area contributed by atoms with Crippen LogP contribution in [0.1, 0.15) is 32.6 Å². The van der Waals surface area contributed by atoms with E-state index in [-0.39, 0.29) is 13.0 Å². The Morgan fingerprint density at radius 3 is 2.67 bits per heavy atom. The molecule has 0 amide bonds. The quantitative estimate of drug-likeness (QED) is 0.440. The van der Waals surface area contributed by atoms with Crippen LogP contribution in [-0.2, 0) is 19.1 Å². The summed E-state index contributed by atoms with van der Waals surface area (Å²) in [6, 6.07) is 0. The zero-order chi connectivity index (χ0) is 13.6. The summed E-state index contributed by atoms with van der Waals surface area (Å²) in [5.74, 6) is -2.41. The molecule has 1 saturated heterocycles. The van der Waals surface area contributed by atoms with E-state index >= 15 is 0 Å². The van der Waals surface area contributed by atoms with Crippen molar-refractivity contribution >= 4 is 17.9 Å². The highest BCUT2D eigenvalue weighted by Gasteiger charge is 2.43. The first-order chi connectivity index (χ1) is 8.50. The number of carbonyl (C=O) groups is 3. The summed E-state index contributed by atoms with van der Waals surface area (Å²) < 4.78 is 4.71. The van der Waals surface area contributed by atoms with Gasteiger partial charge in [0.2, 0.25) is 0 Å². The first-order valence-corrected chi connectivity index (χ1v) is 5.97. The average Bonchev–Trinajstić information content (AvgIpc) is 2.76. The van der Waals surface area contributed by atoms with Gasteiger partial charge in [-0.15, -0.1) is 0 Å². The normalized spacial score (nSPS) is 22.7. The summed E-state index contributed by atoms with van der Waals surface area (Å²) in [7, 11) is 0. The van der Waals surface area contributed by atoms with Crippen molar-refractivity contribution in [1.82, 2.24) is 10.6 Å². The molecular weight excluding hydrogens is 240 g/mol. The minimum atomic E-state index is -1.25. The lowest BCUT2D eigenvalue weighted by molar-refractivity contribution is -0.165. The predicted octanol–water partition coefficient (Wildman–Crippen LogP) is -0.390. The van der Waals surface area contributed by atoms with Crippen molar-refractivity contribution in [1.29, 1.82) is 0 Å². The van der Waals surface area contributed by atoms with E-state index in [1.54, 1.807) is 6.92 Å². The SMILES string of the molecule is CCCC(=O)OC(=O)[C@@]1(NCC(=O)O)CCCN1. The van der Waals surface area contributed by atoms with Gasteiger partial charge in [0, 0.05) is 6.42 Å². The van der Waals surface area contributed by atoms with Crippen LogP contribution in [0.4, 0.5) is 0 Å². The minimum Gasteiger partial charge on any atom is -0.480 e. The fourth-order valence-corrected chi connectivity index (χ4v) is 1.81. The molecule has 0 bridgehead atoms. The van der Waals surface area contributed by atoms with E-state index in [1.165, 1.54) is 0 Å². The minimum absolute atomic E-state index is 0.167. The molecule has 0 aliphatic carbocycles. The second-order valence-electron chi connectivity index (χ2n) is 4.19. The van der Waals surface area contributed by atoms with Crippen LogP contribution in [0.5, 0.6) is 0 Å². The lowest BCUT2D eigenvalue weighted by Crippen LogP contribution is -2.61. The predicted molar refractivity (Wildman–Crippen MR) is 61.6 cm³/mol. The van der Waals surface area contributed by atoms with E-state index in [1.807, 2.05) is 0 Å². The summed E-state index contributed by atoms with van der Waals surface area (Å²) in [4.78, 5) is 33.7. The second kappa shape index (κ2) is 6.46. The Labute approximate surface area is 105 Å². The molecule has 7 nitrogen and oxygen atoms in total. The summed E-state index contributed by atoms with van der Waals surface area (Å²) in [5, 5.41) is 14.1. The molecule has 7 heteroatoms. The highest BCUT2D eigenvalue weighted by molar-refractivity contribution is 5.91. The number of esters is 2. The summed E-state index contributed by atoms with van der Waals surface area (Å²) in [6.45, 7) is 2.01. The molecule has 1 aliphatic rings. The van der Waals surface area contributed by atoms with Crippen molar-refractivity contribution in [2.24, 2.45) is 0 Å². The van der Waals surface area contributed by atoms with Gasteiger partial charge in [0.05, 0.1) is 6.54 Å². The molecule has 1 atom stereocenters. The molecule has 0 radical (unpaired) electrons. The topological polar surface area (TPSA) is 105 Å². The van der Waals surface area contributed by atoms with Crippen molar-refractivity contribution in [3.05, 3.63) is 0 Å². The van der Waals surface area contributed by atoms with Crippen LogP contribution < -0.4 is 10.6 Å². The number of aliphatic carboxylic acids is 1. The molecule has 0 aromatic heterocycles. The van der Waals surface area contributed by atoms with E-state index in [2.05, 4.69) is 10.6 Å². The fraction of sp³-hybridized carbons (Fsp3) is 0.727. The zero-order valence-corrected chi connectivity index (χ0v) is 10.3. The number of carboxylic acid groups (broad SMARTS) is 1. The van der Waals surface area contributed by atoms with Gasteiger partial charge in [0.25, 0.3) is 0 Å². The Kier molecular flexibility index (Phi) is 5.24. The molecule has 0 saturated carbocycles. The van der Waals surface area contributed by atoms with E-state index in [0.29, 0.717) is 25.8 Å². The molecule has 102 valence electrons. The molecule has 1 rings (SSSR count). The number of ether oxygens (including phenoxy) is 1. The lowest BCUT2D eigenvalue weighted by atomic mass is 10.1. The number of carboxylic acids is 1. The van der Waals surface area contributed by atoms with Crippen molar-refractivity contribution < 1.29 is 24.2 Å². The van der Waals surface area contributed by atoms with Crippen molar-refractivity contribution in [2.75, 3.05) is 13.1 Å². The molecule has 0 aromatic rings. The molecule has 0 spiro atoms. The van der Waals surface area contributed by atoms with Gasteiger partial charge >= 0.3 is 17.9 Å². The van der Waals surface area contributed by atoms with Crippen LogP contribution in [0.3, 0.4) is 0 Å². The molecule has 1 heterocycles. The number of hydrogen-bond acceptors (Lipinski definition) is 6. The molecule has 1 fully saturated rings. The summed E-state index contributed by atoms with van der Waals surface area (Å²) in [5.41, 5.74) is -1.25. The zero-order valence-electron chi connectivity index (χ0n) is 10.3. The molecule has 3 N–H and O–H groups in total. The number of hydrogen-bond donors (Lipinski definition) is 3. The van der Waals surface area contributed by atoms with Crippen LogP contribution in [0, 0.1) is 0 Å². The summed E-state index contributed by atoms with van der Waals surface area (Å²) >= 11 is 0. The molecule has 0 unspecified atom stereocenters.